The molecule has 9 heteroatoms. The molecule has 0 radical (unpaired) electrons. The smallest absolute Gasteiger partial charge is 0.310 e. The number of hydrogen-bond donors (Lipinski definition) is 2. The number of aromatic amines is 1. The van der Waals surface area contributed by atoms with Gasteiger partial charge in [0.15, 0.2) is 24.2 Å². The number of carbonyl (C=O) groups is 1. The van der Waals surface area contributed by atoms with Gasteiger partial charge >= 0.3 is 5.97 Å². The van der Waals surface area contributed by atoms with Gasteiger partial charge in [0, 0.05) is 23.3 Å². The summed E-state index contributed by atoms with van der Waals surface area (Å²) < 4.78 is 19.6. The number of nitrogens with zero attached hydrogens (tertiary/aromatic N) is 4. The zero-order valence-corrected chi connectivity index (χ0v) is 15.8. The summed E-state index contributed by atoms with van der Waals surface area (Å²) >= 11 is 0. The first-order valence-electron chi connectivity index (χ1n) is 9.89. The summed E-state index contributed by atoms with van der Waals surface area (Å²) in [5, 5.41) is 3.51. The molecular weight excluding hydrogens is 375 g/mol. The molecule has 2 bridgehead atoms. The fourth-order valence-electron chi connectivity index (χ4n) is 4.62. The lowest BCUT2D eigenvalue weighted by Gasteiger charge is -2.40. The van der Waals surface area contributed by atoms with Crippen LogP contribution in [0.15, 0.2) is 24.9 Å². The predicted octanol–water partition coefficient (Wildman–Crippen LogP) is 3.29. The van der Waals surface area contributed by atoms with Crippen LogP contribution < -0.4 is 5.32 Å². The van der Waals surface area contributed by atoms with Gasteiger partial charge in [-0.25, -0.2) is 24.3 Å². The maximum Gasteiger partial charge on any atom is 0.310 e. The first-order valence-corrected chi connectivity index (χ1v) is 9.89. The molecule has 3 aromatic rings. The topological polar surface area (TPSA) is 106 Å². The second kappa shape index (κ2) is 7.38. The van der Waals surface area contributed by atoms with Crippen LogP contribution in [0.2, 0.25) is 0 Å². The summed E-state index contributed by atoms with van der Waals surface area (Å²) in [4.78, 5) is 31.9. The minimum absolute atomic E-state index is 0.0147. The van der Waals surface area contributed by atoms with Gasteiger partial charge < -0.3 is 15.0 Å². The minimum atomic E-state index is -0.613. The zero-order valence-electron chi connectivity index (χ0n) is 15.8. The van der Waals surface area contributed by atoms with Gasteiger partial charge in [-0.2, -0.15) is 0 Å². The Morgan fingerprint density at radius 2 is 2.10 bits per heavy atom. The van der Waals surface area contributed by atoms with Crippen molar-refractivity contribution in [3.05, 3.63) is 30.7 Å². The van der Waals surface area contributed by atoms with E-state index in [4.69, 9.17) is 4.74 Å². The monoisotopic (exact) mass is 396 g/mol. The van der Waals surface area contributed by atoms with Crippen LogP contribution in [0.25, 0.3) is 22.4 Å². The van der Waals surface area contributed by atoms with E-state index in [9.17, 15) is 9.18 Å². The molecule has 150 valence electrons. The van der Waals surface area contributed by atoms with Gasteiger partial charge in [-0.1, -0.05) is 12.8 Å². The molecule has 3 heterocycles. The third-order valence-corrected chi connectivity index (χ3v) is 6.15. The molecule has 0 saturated heterocycles. The lowest BCUT2D eigenvalue weighted by atomic mass is 9.65. The van der Waals surface area contributed by atoms with Gasteiger partial charge in [0.1, 0.15) is 12.0 Å². The number of nitrogens with one attached hydrogen (secondary N) is 2. The number of ether oxygens (including phenoxy) is 1. The van der Waals surface area contributed by atoms with Crippen molar-refractivity contribution < 1.29 is 13.9 Å². The normalized spacial score (nSPS) is 23.3. The summed E-state index contributed by atoms with van der Waals surface area (Å²) in [6.07, 6.45) is 11.5. The minimum Gasteiger partial charge on any atom is -0.444 e. The Labute approximate surface area is 166 Å². The Kier molecular flexibility index (Phi) is 4.57. The second-order valence-corrected chi connectivity index (χ2v) is 7.79. The maximum absolute atomic E-state index is 14.2. The van der Waals surface area contributed by atoms with Crippen molar-refractivity contribution in [2.45, 2.75) is 32.1 Å². The van der Waals surface area contributed by atoms with E-state index in [0.29, 0.717) is 28.9 Å². The number of hydrogen-bond acceptors (Lipinski definition) is 7. The van der Waals surface area contributed by atoms with E-state index in [-0.39, 0.29) is 24.4 Å². The molecule has 0 unspecified atom stereocenters. The highest BCUT2D eigenvalue weighted by Gasteiger charge is 2.40. The van der Waals surface area contributed by atoms with E-state index in [1.165, 1.54) is 19.2 Å². The molecule has 3 fully saturated rings. The van der Waals surface area contributed by atoms with E-state index in [2.05, 4.69) is 30.2 Å². The average Bonchev–Trinajstić information content (AvgIpc) is 3.20. The van der Waals surface area contributed by atoms with Crippen LogP contribution in [0.4, 0.5) is 10.2 Å². The van der Waals surface area contributed by atoms with Crippen molar-refractivity contribution in [1.29, 1.82) is 0 Å². The molecule has 3 saturated carbocycles. The molecule has 0 aliphatic heterocycles. The Hall–Kier alpha value is -3.10. The standard InChI is InChI=1S/C20H21FN6O2/c21-16-8-24-18(15-7-23-17-14(15)6-22-9-25-17)27-19(16)26-10-29-20(28)13-5-11-1-3-12(13)4-2-11/h6-9,11-13H,1-5,10H2,(H,22,23,25)(H,24,26,27)/t11?,12?,13-/m1/s1. The number of aromatic nitrogens is 5. The van der Waals surface area contributed by atoms with Crippen molar-refractivity contribution in [1.82, 2.24) is 24.9 Å². The van der Waals surface area contributed by atoms with Crippen molar-refractivity contribution in [2.75, 3.05) is 12.0 Å². The fourth-order valence-corrected chi connectivity index (χ4v) is 4.62. The molecule has 3 aliphatic carbocycles. The third-order valence-electron chi connectivity index (χ3n) is 6.15. The molecule has 0 spiro atoms. The van der Waals surface area contributed by atoms with E-state index in [1.807, 2.05) is 0 Å². The molecule has 8 nitrogen and oxygen atoms in total. The molecule has 6 rings (SSSR count). The summed E-state index contributed by atoms with van der Waals surface area (Å²) in [6.45, 7) is -0.128. The Bertz CT molecular complexity index is 1050. The van der Waals surface area contributed by atoms with Gasteiger partial charge in [-0.15, -0.1) is 0 Å². The fraction of sp³-hybridized carbons (Fsp3) is 0.450. The molecular formula is C20H21FN6O2. The van der Waals surface area contributed by atoms with Crippen molar-refractivity contribution in [2.24, 2.45) is 17.8 Å². The van der Waals surface area contributed by atoms with Crippen LogP contribution in [0.5, 0.6) is 0 Å². The molecule has 3 aliphatic rings. The molecule has 29 heavy (non-hydrogen) atoms. The Morgan fingerprint density at radius 3 is 2.90 bits per heavy atom. The van der Waals surface area contributed by atoms with Crippen molar-refractivity contribution in [3.63, 3.8) is 0 Å². The number of carbonyl (C=O) groups excluding carboxylic acids is 1. The first kappa shape index (κ1) is 18.0. The quantitative estimate of drug-likeness (QED) is 0.503. The Morgan fingerprint density at radius 1 is 1.24 bits per heavy atom. The summed E-state index contributed by atoms with van der Waals surface area (Å²) in [6, 6.07) is 0. The number of halogens is 1. The largest absolute Gasteiger partial charge is 0.444 e. The maximum atomic E-state index is 14.2. The first-order chi connectivity index (χ1) is 14.2. The van der Waals surface area contributed by atoms with Gasteiger partial charge in [0.05, 0.1) is 12.1 Å². The molecule has 0 amide bonds. The number of fused-ring (bicyclic) bond motifs is 4. The third kappa shape index (κ3) is 3.41. The second-order valence-electron chi connectivity index (χ2n) is 7.79. The van der Waals surface area contributed by atoms with Crippen LogP contribution in [0.1, 0.15) is 32.1 Å². The van der Waals surface area contributed by atoms with Crippen LogP contribution in [-0.2, 0) is 9.53 Å². The van der Waals surface area contributed by atoms with Gasteiger partial charge in [-0.3, -0.25) is 4.79 Å². The summed E-state index contributed by atoms with van der Waals surface area (Å²) in [5.74, 6) is 0.547. The lowest BCUT2D eigenvalue weighted by Crippen LogP contribution is -2.37. The Balaban J connectivity index is 1.27. The molecule has 0 aromatic carbocycles. The number of anilines is 1. The highest BCUT2D eigenvalue weighted by molar-refractivity contribution is 5.90. The van der Waals surface area contributed by atoms with Crippen LogP contribution in [0.3, 0.4) is 0 Å². The van der Waals surface area contributed by atoms with Crippen molar-refractivity contribution in [3.8, 4) is 11.4 Å². The highest BCUT2D eigenvalue weighted by atomic mass is 19.1. The molecule has 2 N–H and O–H groups in total. The van der Waals surface area contributed by atoms with Crippen molar-refractivity contribution >= 4 is 22.8 Å². The van der Waals surface area contributed by atoms with E-state index in [0.717, 1.165) is 30.8 Å². The highest BCUT2D eigenvalue weighted by Crippen LogP contribution is 2.45. The van der Waals surface area contributed by atoms with E-state index >= 15 is 0 Å². The predicted molar refractivity (Wildman–Crippen MR) is 103 cm³/mol. The zero-order chi connectivity index (χ0) is 19.8. The lowest BCUT2D eigenvalue weighted by molar-refractivity contribution is -0.153. The number of esters is 1. The summed E-state index contributed by atoms with van der Waals surface area (Å²) in [7, 11) is 0. The van der Waals surface area contributed by atoms with Gasteiger partial charge in [0.2, 0.25) is 0 Å². The van der Waals surface area contributed by atoms with Gasteiger partial charge in [0.25, 0.3) is 0 Å². The van der Waals surface area contributed by atoms with Crippen LogP contribution >= 0.6 is 0 Å². The van der Waals surface area contributed by atoms with Gasteiger partial charge in [-0.05, 0) is 31.1 Å². The number of rotatable bonds is 5. The summed E-state index contributed by atoms with van der Waals surface area (Å²) in [5.41, 5.74) is 1.31. The molecule has 1 atom stereocenters. The number of H-pyrrole nitrogens is 1. The molecule has 3 aromatic heterocycles. The average molecular weight is 396 g/mol. The van der Waals surface area contributed by atoms with E-state index < -0.39 is 5.82 Å². The van der Waals surface area contributed by atoms with Crippen LogP contribution in [0, 0.1) is 23.6 Å². The SMILES string of the molecule is O=C(OCNc1nc(-c2c[nH]c3ncncc23)ncc1F)[C@@H]1CC2CCC1CC2. The van der Waals surface area contributed by atoms with Crippen LogP contribution in [-0.4, -0.2) is 37.6 Å². The van der Waals surface area contributed by atoms with E-state index in [1.54, 1.807) is 12.4 Å².